The summed E-state index contributed by atoms with van der Waals surface area (Å²) < 4.78 is 0. The van der Waals surface area contributed by atoms with E-state index in [9.17, 15) is 4.79 Å². The fourth-order valence-corrected chi connectivity index (χ4v) is 1.95. The maximum Gasteiger partial charge on any atom is 0.220 e. The van der Waals surface area contributed by atoms with Gasteiger partial charge in [-0.25, -0.2) is 0 Å². The Morgan fingerprint density at radius 3 is 2.41 bits per heavy atom. The minimum atomic E-state index is -0.222. The number of amides is 1. The van der Waals surface area contributed by atoms with Crippen molar-refractivity contribution >= 4 is 17.5 Å². The van der Waals surface area contributed by atoms with Gasteiger partial charge in [0, 0.05) is 17.0 Å². The van der Waals surface area contributed by atoms with Crippen molar-refractivity contribution in [1.82, 2.24) is 5.32 Å². The molecule has 94 valence electrons. The summed E-state index contributed by atoms with van der Waals surface area (Å²) in [6.07, 6.45) is 2.27. The van der Waals surface area contributed by atoms with E-state index in [0.717, 1.165) is 17.9 Å². The van der Waals surface area contributed by atoms with E-state index in [1.54, 1.807) is 0 Å². The molecule has 0 atom stereocenters. The quantitative estimate of drug-likeness (QED) is 0.854. The van der Waals surface area contributed by atoms with E-state index < -0.39 is 0 Å². The second-order valence-corrected chi connectivity index (χ2v) is 5.42. The van der Waals surface area contributed by atoms with Crippen LogP contribution in [0.5, 0.6) is 0 Å². The molecule has 0 aliphatic carbocycles. The van der Waals surface area contributed by atoms with Crippen molar-refractivity contribution in [1.29, 1.82) is 0 Å². The Bertz CT molecular complexity index is 370. The van der Waals surface area contributed by atoms with Crippen LogP contribution in [0, 0.1) is 0 Å². The predicted octanol–water partition coefficient (Wildman–Crippen LogP) is 3.58. The van der Waals surface area contributed by atoms with Gasteiger partial charge in [0.25, 0.3) is 0 Å². The molecule has 0 saturated heterocycles. The lowest BCUT2D eigenvalue weighted by molar-refractivity contribution is -0.122. The van der Waals surface area contributed by atoms with Crippen molar-refractivity contribution in [2.24, 2.45) is 0 Å². The van der Waals surface area contributed by atoms with Crippen molar-refractivity contribution in [3.8, 4) is 0 Å². The van der Waals surface area contributed by atoms with Gasteiger partial charge in [0.05, 0.1) is 0 Å². The maximum atomic E-state index is 11.6. The number of benzene rings is 1. The maximum absolute atomic E-state index is 11.6. The van der Waals surface area contributed by atoms with Crippen LogP contribution in [0.25, 0.3) is 0 Å². The highest BCUT2D eigenvalue weighted by atomic mass is 35.5. The highest BCUT2D eigenvalue weighted by Crippen LogP contribution is 2.16. The highest BCUT2D eigenvalue weighted by Gasteiger charge is 2.20. The summed E-state index contributed by atoms with van der Waals surface area (Å²) in [5.74, 6) is 0.117. The molecule has 0 saturated carbocycles. The van der Waals surface area contributed by atoms with Crippen molar-refractivity contribution in [3.05, 3.63) is 34.9 Å². The summed E-state index contributed by atoms with van der Waals surface area (Å²) in [4.78, 5) is 11.6. The molecule has 0 radical (unpaired) electrons. The SMILES string of the molecule is CCCC(=O)NC(C)(C)Cc1ccc(Cl)cc1. The topological polar surface area (TPSA) is 29.1 Å². The molecule has 1 aromatic carbocycles. The highest BCUT2D eigenvalue weighted by molar-refractivity contribution is 6.30. The van der Waals surface area contributed by atoms with Crippen molar-refractivity contribution in [3.63, 3.8) is 0 Å². The van der Waals surface area contributed by atoms with Crippen molar-refractivity contribution < 1.29 is 4.79 Å². The second kappa shape index (κ2) is 6.06. The Morgan fingerprint density at radius 1 is 1.29 bits per heavy atom. The van der Waals surface area contributed by atoms with Gasteiger partial charge in [0.2, 0.25) is 5.91 Å². The van der Waals surface area contributed by atoms with Gasteiger partial charge >= 0.3 is 0 Å². The summed E-state index contributed by atoms with van der Waals surface area (Å²) in [5, 5.41) is 3.79. The van der Waals surface area contributed by atoms with E-state index in [-0.39, 0.29) is 11.4 Å². The van der Waals surface area contributed by atoms with E-state index >= 15 is 0 Å². The summed E-state index contributed by atoms with van der Waals surface area (Å²) in [6.45, 7) is 6.08. The van der Waals surface area contributed by atoms with Crippen LogP contribution < -0.4 is 5.32 Å². The number of rotatable bonds is 5. The summed E-state index contributed by atoms with van der Waals surface area (Å²) in [6, 6.07) is 7.74. The summed E-state index contributed by atoms with van der Waals surface area (Å²) >= 11 is 5.84. The van der Waals surface area contributed by atoms with Crippen LogP contribution in [0.1, 0.15) is 39.2 Å². The number of hydrogen-bond acceptors (Lipinski definition) is 1. The van der Waals surface area contributed by atoms with Crippen LogP contribution in [0.4, 0.5) is 0 Å². The van der Waals surface area contributed by atoms with Crippen molar-refractivity contribution in [2.45, 2.75) is 45.6 Å². The van der Waals surface area contributed by atoms with Gasteiger partial charge in [0.15, 0.2) is 0 Å². The molecule has 0 aliphatic rings. The van der Waals surface area contributed by atoms with Crippen LogP contribution in [0.3, 0.4) is 0 Å². The van der Waals surface area contributed by atoms with Gasteiger partial charge in [-0.3, -0.25) is 4.79 Å². The fourth-order valence-electron chi connectivity index (χ4n) is 1.82. The third kappa shape index (κ3) is 5.22. The minimum absolute atomic E-state index is 0.117. The minimum Gasteiger partial charge on any atom is -0.351 e. The largest absolute Gasteiger partial charge is 0.351 e. The summed E-state index contributed by atoms with van der Waals surface area (Å²) in [7, 11) is 0. The Labute approximate surface area is 108 Å². The molecule has 1 amide bonds. The standard InChI is InChI=1S/C14H20ClNO/c1-4-5-13(17)16-14(2,3)10-11-6-8-12(15)9-7-11/h6-9H,4-5,10H2,1-3H3,(H,16,17). The number of nitrogens with one attached hydrogen (secondary N) is 1. The van der Waals surface area contributed by atoms with Crippen molar-refractivity contribution in [2.75, 3.05) is 0 Å². The van der Waals surface area contributed by atoms with E-state index in [2.05, 4.69) is 5.32 Å². The first-order chi connectivity index (χ1) is 7.93. The molecule has 0 aliphatic heterocycles. The van der Waals surface area contributed by atoms with Crippen LogP contribution in [0.2, 0.25) is 5.02 Å². The van der Waals surface area contributed by atoms with E-state index in [1.807, 2.05) is 45.0 Å². The number of carbonyl (C=O) groups excluding carboxylic acids is 1. The molecular weight excluding hydrogens is 234 g/mol. The smallest absolute Gasteiger partial charge is 0.220 e. The number of halogens is 1. The third-order valence-corrected chi connectivity index (χ3v) is 2.77. The predicted molar refractivity (Wildman–Crippen MR) is 72.3 cm³/mol. The lowest BCUT2D eigenvalue weighted by Crippen LogP contribution is -2.45. The summed E-state index contributed by atoms with van der Waals surface area (Å²) in [5.41, 5.74) is 0.955. The molecule has 0 unspecified atom stereocenters. The molecule has 2 nitrogen and oxygen atoms in total. The Balaban J connectivity index is 2.59. The van der Waals surface area contributed by atoms with E-state index in [4.69, 9.17) is 11.6 Å². The Morgan fingerprint density at radius 2 is 1.88 bits per heavy atom. The Hall–Kier alpha value is -1.02. The first kappa shape index (κ1) is 14.0. The van der Waals surface area contributed by atoms with Gasteiger partial charge in [0.1, 0.15) is 0 Å². The molecule has 17 heavy (non-hydrogen) atoms. The average Bonchev–Trinajstić information content (AvgIpc) is 2.20. The first-order valence-electron chi connectivity index (χ1n) is 5.98. The van der Waals surface area contributed by atoms with Crippen LogP contribution in [-0.4, -0.2) is 11.4 Å². The lowest BCUT2D eigenvalue weighted by atomic mass is 9.94. The molecule has 0 spiro atoms. The van der Waals surface area contributed by atoms with Crippen LogP contribution in [-0.2, 0) is 11.2 Å². The Kier molecular flexibility index (Phi) is 5.01. The number of hydrogen-bond donors (Lipinski definition) is 1. The molecule has 1 rings (SSSR count). The molecule has 0 heterocycles. The molecule has 0 bridgehead atoms. The van der Waals surface area contributed by atoms with Crippen LogP contribution >= 0.6 is 11.6 Å². The number of carbonyl (C=O) groups is 1. The van der Waals surface area contributed by atoms with Gasteiger partial charge in [-0.1, -0.05) is 30.7 Å². The lowest BCUT2D eigenvalue weighted by Gasteiger charge is -2.26. The zero-order valence-corrected chi connectivity index (χ0v) is 11.5. The third-order valence-electron chi connectivity index (χ3n) is 2.51. The molecule has 0 fully saturated rings. The van der Waals surface area contributed by atoms with Gasteiger partial charge < -0.3 is 5.32 Å². The molecule has 1 N–H and O–H groups in total. The molecular formula is C14H20ClNO. The molecule has 3 heteroatoms. The molecule has 0 aromatic heterocycles. The van der Waals surface area contributed by atoms with Crippen LogP contribution in [0.15, 0.2) is 24.3 Å². The second-order valence-electron chi connectivity index (χ2n) is 4.99. The van der Waals surface area contributed by atoms with Gasteiger partial charge in [-0.15, -0.1) is 0 Å². The van der Waals surface area contributed by atoms with Gasteiger partial charge in [-0.05, 0) is 44.4 Å². The fraction of sp³-hybridized carbons (Fsp3) is 0.500. The van der Waals surface area contributed by atoms with Gasteiger partial charge in [-0.2, -0.15) is 0 Å². The zero-order valence-electron chi connectivity index (χ0n) is 10.7. The average molecular weight is 254 g/mol. The van der Waals surface area contributed by atoms with E-state index in [1.165, 1.54) is 5.56 Å². The monoisotopic (exact) mass is 253 g/mol. The molecule has 1 aromatic rings. The zero-order chi connectivity index (χ0) is 12.9. The first-order valence-corrected chi connectivity index (χ1v) is 6.36. The normalized spacial score (nSPS) is 11.3. The van der Waals surface area contributed by atoms with E-state index in [0.29, 0.717) is 6.42 Å².